The summed E-state index contributed by atoms with van der Waals surface area (Å²) < 4.78 is 26.6. The predicted octanol–water partition coefficient (Wildman–Crippen LogP) is 1.59. The van der Waals surface area contributed by atoms with Crippen molar-refractivity contribution in [2.75, 3.05) is 20.1 Å². The lowest BCUT2D eigenvalue weighted by Gasteiger charge is -2.21. The summed E-state index contributed by atoms with van der Waals surface area (Å²) in [5.41, 5.74) is -0.0108. The van der Waals surface area contributed by atoms with Crippen molar-refractivity contribution in [2.45, 2.75) is 32.7 Å². The average molecular weight is 326 g/mol. The van der Waals surface area contributed by atoms with Crippen LogP contribution in [0.5, 0.6) is 0 Å². The number of nitrogens with zero attached hydrogens (tertiary/aromatic N) is 1. The first-order valence-corrected chi connectivity index (χ1v) is 7.41. The Morgan fingerprint density at radius 2 is 1.91 bits per heavy atom. The molecule has 0 saturated heterocycles. The molecule has 3 N–H and O–H groups in total. The number of amides is 1. The van der Waals surface area contributed by atoms with Gasteiger partial charge in [0.2, 0.25) is 5.91 Å². The Balaban J connectivity index is 2.40. The standard InChI is InChI=1S/C16H24F2N4O/c1-16(2,3)22-14(23)10-21-15(19-4)20-8-7-11-9-12(17)5-6-13(11)18/h5-6,9H,7-8,10H2,1-4H3,(H,22,23)(H2,19,20,21). The van der Waals surface area contributed by atoms with Gasteiger partial charge >= 0.3 is 0 Å². The second-order valence-corrected chi connectivity index (χ2v) is 6.14. The van der Waals surface area contributed by atoms with Crippen LogP contribution in [0.1, 0.15) is 26.3 Å². The number of carbonyl (C=O) groups is 1. The smallest absolute Gasteiger partial charge is 0.239 e. The second kappa shape index (κ2) is 8.45. The summed E-state index contributed by atoms with van der Waals surface area (Å²) in [6.45, 7) is 6.12. The van der Waals surface area contributed by atoms with Crippen molar-refractivity contribution < 1.29 is 13.6 Å². The van der Waals surface area contributed by atoms with Gasteiger partial charge in [0.05, 0.1) is 6.54 Å². The normalized spacial score (nSPS) is 12.0. The molecule has 0 fully saturated rings. The van der Waals surface area contributed by atoms with Crippen molar-refractivity contribution in [1.82, 2.24) is 16.0 Å². The third kappa shape index (κ3) is 7.58. The first-order chi connectivity index (χ1) is 10.7. The zero-order valence-electron chi connectivity index (χ0n) is 14.0. The van der Waals surface area contributed by atoms with E-state index in [9.17, 15) is 13.6 Å². The third-order valence-electron chi connectivity index (χ3n) is 2.85. The first-order valence-electron chi connectivity index (χ1n) is 7.41. The van der Waals surface area contributed by atoms with Gasteiger partial charge in [-0.2, -0.15) is 0 Å². The number of halogens is 2. The summed E-state index contributed by atoms with van der Waals surface area (Å²) >= 11 is 0. The van der Waals surface area contributed by atoms with Gasteiger partial charge in [-0.05, 0) is 51.0 Å². The van der Waals surface area contributed by atoms with Crippen LogP contribution < -0.4 is 16.0 Å². The number of benzene rings is 1. The Morgan fingerprint density at radius 1 is 1.22 bits per heavy atom. The van der Waals surface area contributed by atoms with E-state index < -0.39 is 11.6 Å². The van der Waals surface area contributed by atoms with E-state index in [2.05, 4.69) is 20.9 Å². The lowest BCUT2D eigenvalue weighted by atomic mass is 10.1. The molecule has 0 radical (unpaired) electrons. The Kier molecular flexibility index (Phi) is 6.93. The van der Waals surface area contributed by atoms with E-state index in [1.807, 2.05) is 20.8 Å². The predicted molar refractivity (Wildman–Crippen MR) is 87.3 cm³/mol. The fourth-order valence-corrected chi connectivity index (χ4v) is 1.90. The fourth-order valence-electron chi connectivity index (χ4n) is 1.90. The molecular weight excluding hydrogens is 302 g/mol. The highest BCUT2D eigenvalue weighted by Crippen LogP contribution is 2.09. The third-order valence-corrected chi connectivity index (χ3v) is 2.85. The van der Waals surface area contributed by atoms with Crippen LogP contribution in [-0.2, 0) is 11.2 Å². The largest absolute Gasteiger partial charge is 0.356 e. The van der Waals surface area contributed by atoms with Crippen LogP contribution >= 0.6 is 0 Å². The van der Waals surface area contributed by atoms with E-state index in [1.165, 1.54) is 6.07 Å². The van der Waals surface area contributed by atoms with Crippen LogP contribution in [-0.4, -0.2) is 37.5 Å². The molecule has 0 unspecified atom stereocenters. The van der Waals surface area contributed by atoms with Crippen LogP contribution in [0.4, 0.5) is 8.78 Å². The maximum absolute atomic E-state index is 13.5. The van der Waals surface area contributed by atoms with Gasteiger partial charge < -0.3 is 16.0 Å². The number of guanidine groups is 1. The summed E-state index contributed by atoms with van der Waals surface area (Å²) in [4.78, 5) is 15.7. The molecule has 0 aliphatic rings. The molecule has 128 valence electrons. The Labute approximate surface area is 135 Å². The van der Waals surface area contributed by atoms with Gasteiger partial charge in [0.1, 0.15) is 11.6 Å². The highest BCUT2D eigenvalue weighted by Gasteiger charge is 2.13. The first kappa shape index (κ1) is 18.9. The fraction of sp³-hybridized carbons (Fsp3) is 0.500. The van der Waals surface area contributed by atoms with Crippen LogP contribution in [0.25, 0.3) is 0 Å². The minimum atomic E-state index is -0.470. The van der Waals surface area contributed by atoms with Gasteiger partial charge in [-0.1, -0.05) is 0 Å². The Hall–Kier alpha value is -2.18. The molecule has 0 heterocycles. The molecular formula is C16H24F2N4O. The molecule has 0 aliphatic heterocycles. The summed E-state index contributed by atoms with van der Waals surface area (Å²) in [7, 11) is 1.57. The summed E-state index contributed by atoms with van der Waals surface area (Å²) in [6.07, 6.45) is 0.304. The van der Waals surface area contributed by atoms with E-state index >= 15 is 0 Å². The summed E-state index contributed by atoms with van der Waals surface area (Å²) in [5.74, 6) is -0.647. The van der Waals surface area contributed by atoms with Crippen molar-refractivity contribution in [2.24, 2.45) is 4.99 Å². The average Bonchev–Trinajstić information content (AvgIpc) is 2.44. The molecule has 7 heteroatoms. The van der Waals surface area contributed by atoms with Crippen molar-refractivity contribution >= 4 is 11.9 Å². The number of hydrogen-bond donors (Lipinski definition) is 3. The zero-order chi connectivity index (χ0) is 17.5. The highest BCUT2D eigenvalue weighted by atomic mass is 19.1. The van der Waals surface area contributed by atoms with E-state index in [0.29, 0.717) is 24.5 Å². The molecule has 1 amide bonds. The van der Waals surface area contributed by atoms with E-state index in [0.717, 1.165) is 12.1 Å². The lowest BCUT2D eigenvalue weighted by molar-refractivity contribution is -0.121. The second-order valence-electron chi connectivity index (χ2n) is 6.14. The summed E-state index contributed by atoms with van der Waals surface area (Å²) in [5, 5.41) is 8.63. The van der Waals surface area contributed by atoms with Crippen molar-refractivity contribution in [3.63, 3.8) is 0 Å². The molecule has 0 aromatic heterocycles. The number of nitrogens with one attached hydrogen (secondary N) is 3. The SMILES string of the molecule is CN=C(NCCc1cc(F)ccc1F)NCC(=O)NC(C)(C)C. The minimum Gasteiger partial charge on any atom is -0.356 e. The van der Waals surface area contributed by atoms with Gasteiger partial charge in [0.15, 0.2) is 5.96 Å². The number of aliphatic imine (C=N–C) groups is 1. The number of carbonyl (C=O) groups excluding carboxylic acids is 1. The molecule has 0 saturated carbocycles. The summed E-state index contributed by atoms with van der Waals surface area (Å²) in [6, 6.07) is 3.36. The lowest BCUT2D eigenvalue weighted by Crippen LogP contribution is -2.48. The van der Waals surface area contributed by atoms with Gasteiger partial charge in [0.25, 0.3) is 0 Å². The molecule has 0 bridgehead atoms. The van der Waals surface area contributed by atoms with Crippen LogP contribution in [0.2, 0.25) is 0 Å². The molecule has 0 aliphatic carbocycles. The zero-order valence-corrected chi connectivity index (χ0v) is 14.0. The van der Waals surface area contributed by atoms with Gasteiger partial charge in [-0.3, -0.25) is 9.79 Å². The quantitative estimate of drug-likeness (QED) is 0.569. The number of hydrogen-bond acceptors (Lipinski definition) is 2. The van der Waals surface area contributed by atoms with Gasteiger partial charge in [-0.25, -0.2) is 8.78 Å². The molecule has 1 aromatic carbocycles. The Morgan fingerprint density at radius 3 is 2.52 bits per heavy atom. The highest BCUT2D eigenvalue weighted by molar-refractivity contribution is 5.86. The number of rotatable bonds is 5. The maximum atomic E-state index is 13.5. The van der Waals surface area contributed by atoms with Crippen molar-refractivity contribution in [3.05, 3.63) is 35.4 Å². The van der Waals surface area contributed by atoms with E-state index in [-0.39, 0.29) is 18.0 Å². The van der Waals surface area contributed by atoms with E-state index in [4.69, 9.17) is 0 Å². The molecule has 23 heavy (non-hydrogen) atoms. The van der Waals surface area contributed by atoms with Crippen molar-refractivity contribution in [1.29, 1.82) is 0 Å². The van der Waals surface area contributed by atoms with Gasteiger partial charge in [-0.15, -0.1) is 0 Å². The topological polar surface area (TPSA) is 65.5 Å². The maximum Gasteiger partial charge on any atom is 0.239 e. The molecule has 1 aromatic rings. The molecule has 0 spiro atoms. The minimum absolute atomic E-state index is 0.0747. The van der Waals surface area contributed by atoms with Crippen molar-refractivity contribution in [3.8, 4) is 0 Å². The van der Waals surface area contributed by atoms with Gasteiger partial charge in [0, 0.05) is 19.1 Å². The molecule has 1 rings (SSSR count). The molecule has 0 atom stereocenters. The molecule has 5 nitrogen and oxygen atoms in total. The monoisotopic (exact) mass is 326 g/mol. The van der Waals surface area contributed by atoms with Crippen LogP contribution in [0.15, 0.2) is 23.2 Å². The van der Waals surface area contributed by atoms with E-state index in [1.54, 1.807) is 7.05 Å². The van der Waals surface area contributed by atoms with Crippen LogP contribution in [0.3, 0.4) is 0 Å². The Bertz CT molecular complexity index is 568. The van der Waals surface area contributed by atoms with Crippen LogP contribution in [0, 0.1) is 11.6 Å².